The number of carbonyl (C=O) groups is 1. The van der Waals surface area contributed by atoms with Crippen molar-refractivity contribution in [3.63, 3.8) is 0 Å². The van der Waals surface area contributed by atoms with Crippen molar-refractivity contribution in [1.29, 1.82) is 0 Å². The summed E-state index contributed by atoms with van der Waals surface area (Å²) < 4.78 is 0. The lowest BCUT2D eigenvalue weighted by molar-refractivity contribution is -0.137. The minimum absolute atomic E-state index is 0.184. The molecular formula is C24H32N2O2. The van der Waals surface area contributed by atoms with Crippen molar-refractivity contribution in [2.75, 3.05) is 0 Å². The number of rotatable bonds is 2. The van der Waals surface area contributed by atoms with E-state index in [2.05, 4.69) is 40.5 Å². The number of hydrogen-bond donors (Lipinski definition) is 2. The molecule has 0 radical (unpaired) electrons. The van der Waals surface area contributed by atoms with Gasteiger partial charge in [0.1, 0.15) is 0 Å². The molecule has 6 bridgehead atoms. The van der Waals surface area contributed by atoms with Crippen LogP contribution in [0.4, 0.5) is 4.79 Å². The SMILES string of the molecule is O=C(NC1C2CC3CC1CC(O)(C3)C2)N1C2CC[C@H]1CC(c1ccccc1)C2. The summed E-state index contributed by atoms with van der Waals surface area (Å²) >= 11 is 0. The lowest BCUT2D eigenvalue weighted by Gasteiger charge is -2.58. The van der Waals surface area contributed by atoms with Crippen molar-refractivity contribution in [2.45, 2.75) is 87.4 Å². The minimum Gasteiger partial charge on any atom is -0.390 e. The Morgan fingerprint density at radius 3 is 2.21 bits per heavy atom. The molecule has 6 fully saturated rings. The van der Waals surface area contributed by atoms with Crippen LogP contribution in [0.25, 0.3) is 0 Å². The zero-order valence-corrected chi connectivity index (χ0v) is 16.6. The fraction of sp³-hybridized carbons (Fsp3) is 0.708. The van der Waals surface area contributed by atoms with Crippen LogP contribution in [-0.2, 0) is 0 Å². The Morgan fingerprint density at radius 1 is 0.964 bits per heavy atom. The van der Waals surface area contributed by atoms with Crippen LogP contribution in [0.2, 0.25) is 0 Å². The molecule has 1 aromatic carbocycles. The largest absolute Gasteiger partial charge is 0.390 e. The van der Waals surface area contributed by atoms with E-state index in [1.807, 2.05) is 0 Å². The molecule has 2 N–H and O–H groups in total. The highest BCUT2D eigenvalue weighted by atomic mass is 16.3. The molecule has 4 unspecified atom stereocenters. The van der Waals surface area contributed by atoms with E-state index in [1.165, 1.54) is 18.4 Å². The van der Waals surface area contributed by atoms with Gasteiger partial charge in [-0.3, -0.25) is 0 Å². The van der Waals surface area contributed by atoms with E-state index in [-0.39, 0.29) is 12.1 Å². The highest BCUT2D eigenvalue weighted by Crippen LogP contribution is 2.55. The summed E-state index contributed by atoms with van der Waals surface area (Å²) in [4.78, 5) is 15.5. The maximum absolute atomic E-state index is 13.3. The van der Waals surface area contributed by atoms with Crippen molar-refractivity contribution in [3.05, 3.63) is 35.9 Å². The van der Waals surface area contributed by atoms with Gasteiger partial charge in [0, 0.05) is 18.1 Å². The topological polar surface area (TPSA) is 52.6 Å². The third-order valence-electron chi connectivity index (χ3n) is 8.77. The van der Waals surface area contributed by atoms with E-state index in [4.69, 9.17) is 0 Å². The number of nitrogens with one attached hydrogen (secondary N) is 1. The van der Waals surface area contributed by atoms with Gasteiger partial charge in [0.15, 0.2) is 0 Å². The Balaban J connectivity index is 1.15. The molecule has 4 saturated carbocycles. The molecule has 0 spiro atoms. The monoisotopic (exact) mass is 380 g/mol. The van der Waals surface area contributed by atoms with Gasteiger partial charge in [-0.1, -0.05) is 30.3 Å². The molecule has 2 amide bonds. The fourth-order valence-corrected chi connectivity index (χ4v) is 7.94. The maximum atomic E-state index is 13.3. The smallest absolute Gasteiger partial charge is 0.318 e. The summed E-state index contributed by atoms with van der Waals surface area (Å²) in [5, 5.41) is 14.3. The molecule has 150 valence electrons. The number of carbonyl (C=O) groups excluding carboxylic acids is 1. The molecular weight excluding hydrogens is 348 g/mol. The first kappa shape index (κ1) is 17.3. The zero-order chi connectivity index (χ0) is 18.9. The lowest BCUT2D eigenvalue weighted by Crippen LogP contribution is -2.63. The first-order chi connectivity index (χ1) is 13.6. The average molecular weight is 381 g/mol. The Morgan fingerprint density at radius 2 is 1.61 bits per heavy atom. The Hall–Kier alpha value is -1.55. The predicted octanol–water partition coefficient (Wildman–Crippen LogP) is 4.05. The summed E-state index contributed by atoms with van der Waals surface area (Å²) in [7, 11) is 0. The van der Waals surface area contributed by atoms with Gasteiger partial charge in [-0.25, -0.2) is 4.79 Å². The van der Waals surface area contributed by atoms with Crippen LogP contribution in [0.3, 0.4) is 0 Å². The van der Waals surface area contributed by atoms with E-state index in [0.29, 0.717) is 35.8 Å². The van der Waals surface area contributed by atoms with Crippen molar-refractivity contribution < 1.29 is 9.90 Å². The van der Waals surface area contributed by atoms with Crippen molar-refractivity contribution in [1.82, 2.24) is 10.2 Å². The second-order valence-electron chi connectivity index (χ2n) is 10.5. The summed E-state index contributed by atoms with van der Waals surface area (Å²) in [6, 6.07) is 12.1. The molecule has 0 aromatic heterocycles. The summed E-state index contributed by atoms with van der Waals surface area (Å²) in [5.41, 5.74) is 1.01. The molecule has 2 heterocycles. The summed E-state index contributed by atoms with van der Waals surface area (Å²) in [6.07, 6.45) is 9.71. The number of piperidine rings is 1. The van der Waals surface area contributed by atoms with E-state index < -0.39 is 5.60 Å². The molecule has 4 nitrogen and oxygen atoms in total. The van der Waals surface area contributed by atoms with E-state index in [0.717, 1.165) is 44.9 Å². The van der Waals surface area contributed by atoms with Crippen LogP contribution in [0, 0.1) is 17.8 Å². The molecule has 4 heteroatoms. The minimum atomic E-state index is -0.426. The first-order valence-corrected chi connectivity index (χ1v) is 11.4. The van der Waals surface area contributed by atoms with Gasteiger partial charge in [0.05, 0.1) is 5.60 Å². The molecule has 28 heavy (non-hydrogen) atoms. The van der Waals surface area contributed by atoms with Crippen LogP contribution in [0.5, 0.6) is 0 Å². The van der Waals surface area contributed by atoms with E-state index >= 15 is 0 Å². The van der Waals surface area contributed by atoms with Crippen LogP contribution in [0.1, 0.15) is 69.3 Å². The maximum Gasteiger partial charge on any atom is 0.318 e. The number of nitrogens with zero attached hydrogens (tertiary/aromatic N) is 1. The number of benzene rings is 1. The van der Waals surface area contributed by atoms with Crippen molar-refractivity contribution in [2.24, 2.45) is 17.8 Å². The van der Waals surface area contributed by atoms with Crippen LogP contribution in [0.15, 0.2) is 30.3 Å². The van der Waals surface area contributed by atoms with E-state index in [1.54, 1.807) is 0 Å². The van der Waals surface area contributed by atoms with Crippen LogP contribution in [-0.4, -0.2) is 39.8 Å². The number of amides is 2. The van der Waals surface area contributed by atoms with Gasteiger partial charge in [0.2, 0.25) is 0 Å². The second-order valence-corrected chi connectivity index (χ2v) is 10.5. The van der Waals surface area contributed by atoms with Gasteiger partial charge >= 0.3 is 6.03 Å². The van der Waals surface area contributed by atoms with Crippen molar-refractivity contribution in [3.8, 4) is 0 Å². The number of aliphatic hydroxyl groups is 1. The molecule has 6 aliphatic rings. The quantitative estimate of drug-likeness (QED) is 0.813. The molecule has 4 aliphatic carbocycles. The predicted molar refractivity (Wildman–Crippen MR) is 108 cm³/mol. The Bertz CT molecular complexity index is 735. The van der Waals surface area contributed by atoms with Gasteiger partial charge in [-0.05, 0) is 87.0 Å². The third kappa shape index (κ3) is 2.71. The molecule has 2 saturated heterocycles. The average Bonchev–Trinajstić information content (AvgIpc) is 2.94. The molecule has 1 aromatic rings. The highest BCUT2D eigenvalue weighted by Gasteiger charge is 2.55. The van der Waals surface area contributed by atoms with Gasteiger partial charge in [0.25, 0.3) is 0 Å². The van der Waals surface area contributed by atoms with Crippen molar-refractivity contribution >= 4 is 6.03 Å². The second kappa shape index (κ2) is 6.22. The third-order valence-corrected chi connectivity index (χ3v) is 8.77. The Kier molecular flexibility index (Phi) is 3.85. The fourth-order valence-electron chi connectivity index (χ4n) is 7.94. The highest BCUT2D eigenvalue weighted by molar-refractivity contribution is 5.76. The zero-order valence-electron chi connectivity index (χ0n) is 16.6. The first-order valence-electron chi connectivity index (χ1n) is 11.4. The molecule has 2 aliphatic heterocycles. The van der Waals surface area contributed by atoms with Gasteiger partial charge in [-0.2, -0.15) is 0 Å². The number of fused-ring (bicyclic) bond motifs is 2. The molecule has 7 rings (SSSR count). The van der Waals surface area contributed by atoms with Crippen LogP contribution >= 0.6 is 0 Å². The van der Waals surface area contributed by atoms with E-state index in [9.17, 15) is 9.90 Å². The van der Waals surface area contributed by atoms with Gasteiger partial charge < -0.3 is 15.3 Å². The lowest BCUT2D eigenvalue weighted by atomic mass is 9.52. The normalized spacial score (nSPS) is 46.0. The van der Waals surface area contributed by atoms with Gasteiger partial charge in [-0.15, -0.1) is 0 Å². The molecule has 5 atom stereocenters. The number of urea groups is 1. The standard InChI is InChI=1S/C24H32N2O2/c27-23(25-22-18-8-15-9-19(22)14-24(28,12-15)13-18)26-20-6-7-21(26)11-17(10-20)16-4-2-1-3-5-16/h1-5,15,17-22,28H,6-14H2,(H,25,27)/t15?,17?,18?,19?,20-,21?,22?,24?/m0/s1. The van der Waals surface area contributed by atoms with Crippen LogP contribution < -0.4 is 5.32 Å². The summed E-state index contributed by atoms with van der Waals surface area (Å²) in [5.74, 6) is 2.26. The number of hydrogen-bond acceptors (Lipinski definition) is 2. The summed E-state index contributed by atoms with van der Waals surface area (Å²) in [6.45, 7) is 0. The Labute approximate surface area is 167 Å².